The molecule has 0 aliphatic heterocycles. The fourth-order valence-electron chi connectivity index (χ4n) is 2.13. The molecule has 2 aromatic carbocycles. The predicted octanol–water partition coefficient (Wildman–Crippen LogP) is 3.51. The first-order valence-electron chi connectivity index (χ1n) is 7.24. The van der Waals surface area contributed by atoms with Crippen molar-refractivity contribution in [2.24, 2.45) is 0 Å². The Kier molecular flexibility index (Phi) is 6.13. The van der Waals surface area contributed by atoms with Crippen LogP contribution in [0.1, 0.15) is 26.3 Å². The zero-order valence-electron chi connectivity index (χ0n) is 13.5. The van der Waals surface area contributed by atoms with Gasteiger partial charge in [-0.2, -0.15) is 0 Å². The molecule has 0 spiro atoms. The summed E-state index contributed by atoms with van der Waals surface area (Å²) in [6.07, 6.45) is 2.76. The molecule has 1 amide bonds. The first kappa shape index (κ1) is 19.2. The SMILES string of the molecule is COc1ccc(Br)cc1/C=C/C(=O)Nc1cc(C(=O)O)cc(C(=O)O)c1. The van der Waals surface area contributed by atoms with E-state index in [0.29, 0.717) is 11.3 Å². The largest absolute Gasteiger partial charge is 0.496 e. The summed E-state index contributed by atoms with van der Waals surface area (Å²) >= 11 is 3.33. The standard InChI is InChI=1S/C18H14BrNO6/c1-26-15-4-3-13(19)7-10(15)2-5-16(21)20-14-8-11(17(22)23)6-12(9-14)18(24)25/h2-9H,1H3,(H,20,21)(H,22,23)(H,24,25)/b5-2+. The Hall–Kier alpha value is -3.13. The second kappa shape index (κ2) is 8.30. The first-order chi connectivity index (χ1) is 12.3. The molecule has 2 rings (SSSR count). The average Bonchev–Trinajstić information content (AvgIpc) is 2.59. The number of ether oxygens (including phenoxy) is 1. The number of hydrogen-bond acceptors (Lipinski definition) is 4. The van der Waals surface area contributed by atoms with Gasteiger partial charge in [0.1, 0.15) is 5.75 Å². The van der Waals surface area contributed by atoms with E-state index in [1.54, 1.807) is 18.2 Å². The highest BCUT2D eigenvalue weighted by Gasteiger charge is 2.12. The number of carbonyl (C=O) groups excluding carboxylic acids is 1. The molecule has 0 aliphatic rings. The number of anilines is 1. The molecule has 0 atom stereocenters. The van der Waals surface area contributed by atoms with Crippen LogP contribution in [0, 0.1) is 0 Å². The third-order valence-electron chi connectivity index (χ3n) is 3.30. The maximum absolute atomic E-state index is 12.1. The molecular weight excluding hydrogens is 406 g/mol. The van der Waals surface area contributed by atoms with Gasteiger partial charge in [-0.3, -0.25) is 4.79 Å². The third-order valence-corrected chi connectivity index (χ3v) is 3.79. The van der Waals surface area contributed by atoms with E-state index < -0.39 is 17.8 Å². The van der Waals surface area contributed by atoms with Gasteiger partial charge < -0.3 is 20.3 Å². The number of nitrogens with one attached hydrogen (secondary N) is 1. The summed E-state index contributed by atoms with van der Waals surface area (Å²) in [6, 6.07) is 8.66. The molecule has 0 aromatic heterocycles. The van der Waals surface area contributed by atoms with E-state index in [9.17, 15) is 14.4 Å². The normalized spacial score (nSPS) is 10.5. The van der Waals surface area contributed by atoms with Crippen LogP contribution in [-0.4, -0.2) is 35.2 Å². The van der Waals surface area contributed by atoms with E-state index in [4.69, 9.17) is 14.9 Å². The number of carbonyl (C=O) groups is 3. The van der Waals surface area contributed by atoms with Crippen molar-refractivity contribution < 1.29 is 29.3 Å². The molecule has 26 heavy (non-hydrogen) atoms. The lowest BCUT2D eigenvalue weighted by Crippen LogP contribution is -2.10. The van der Waals surface area contributed by atoms with Crippen LogP contribution >= 0.6 is 15.9 Å². The molecule has 0 fully saturated rings. The molecule has 8 heteroatoms. The van der Waals surface area contributed by atoms with Crippen molar-refractivity contribution in [2.45, 2.75) is 0 Å². The molecule has 0 radical (unpaired) electrons. The van der Waals surface area contributed by atoms with Crippen LogP contribution in [0.25, 0.3) is 6.08 Å². The zero-order valence-corrected chi connectivity index (χ0v) is 15.1. The Morgan fingerprint density at radius 3 is 2.19 bits per heavy atom. The van der Waals surface area contributed by atoms with Crippen LogP contribution in [0.15, 0.2) is 46.9 Å². The summed E-state index contributed by atoms with van der Waals surface area (Å²) in [5, 5.41) is 20.5. The molecule has 0 aliphatic carbocycles. The summed E-state index contributed by atoms with van der Waals surface area (Å²) < 4.78 is 6.01. The van der Waals surface area contributed by atoms with Gasteiger partial charge in [-0.1, -0.05) is 15.9 Å². The summed E-state index contributed by atoms with van der Waals surface area (Å²) in [4.78, 5) is 34.3. The molecule has 0 saturated heterocycles. The van der Waals surface area contributed by atoms with Gasteiger partial charge in [0.2, 0.25) is 5.91 Å². The van der Waals surface area contributed by atoms with E-state index >= 15 is 0 Å². The number of benzene rings is 2. The molecule has 134 valence electrons. The van der Waals surface area contributed by atoms with Gasteiger partial charge in [-0.25, -0.2) is 9.59 Å². The van der Waals surface area contributed by atoms with Gasteiger partial charge in [0.25, 0.3) is 0 Å². The molecule has 0 unspecified atom stereocenters. The topological polar surface area (TPSA) is 113 Å². The van der Waals surface area contributed by atoms with Gasteiger partial charge in [0.15, 0.2) is 0 Å². The lowest BCUT2D eigenvalue weighted by Gasteiger charge is -2.07. The van der Waals surface area contributed by atoms with Crippen molar-refractivity contribution >= 4 is 45.5 Å². The van der Waals surface area contributed by atoms with E-state index in [2.05, 4.69) is 21.2 Å². The number of carboxylic acids is 2. The Bertz CT molecular complexity index is 874. The van der Waals surface area contributed by atoms with Crippen LogP contribution in [0.5, 0.6) is 5.75 Å². The fraction of sp³-hybridized carbons (Fsp3) is 0.0556. The minimum Gasteiger partial charge on any atom is -0.496 e. The summed E-state index contributed by atoms with van der Waals surface area (Å²) in [5.41, 5.74) is 0.247. The second-order valence-electron chi connectivity index (χ2n) is 5.12. The minimum atomic E-state index is -1.29. The Morgan fingerprint density at radius 2 is 1.65 bits per heavy atom. The van der Waals surface area contributed by atoms with Gasteiger partial charge in [-0.05, 0) is 42.5 Å². The minimum absolute atomic E-state index is 0.0677. The van der Waals surface area contributed by atoms with E-state index in [1.807, 2.05) is 0 Å². The summed E-state index contributed by atoms with van der Waals surface area (Å²) in [6.45, 7) is 0. The van der Waals surface area contributed by atoms with Crippen LogP contribution < -0.4 is 10.1 Å². The Balaban J connectivity index is 2.23. The zero-order chi connectivity index (χ0) is 19.3. The Morgan fingerprint density at radius 1 is 1.04 bits per heavy atom. The molecule has 0 bridgehead atoms. The monoisotopic (exact) mass is 419 g/mol. The highest BCUT2D eigenvalue weighted by molar-refractivity contribution is 9.10. The number of methoxy groups -OCH3 is 1. The van der Waals surface area contributed by atoms with Gasteiger partial charge in [0, 0.05) is 21.8 Å². The molecule has 2 aromatic rings. The highest BCUT2D eigenvalue weighted by atomic mass is 79.9. The number of carboxylic acid groups (broad SMARTS) is 2. The van der Waals surface area contributed by atoms with Crippen LogP contribution in [0.3, 0.4) is 0 Å². The fourth-order valence-corrected chi connectivity index (χ4v) is 2.51. The molecule has 0 heterocycles. The van der Waals surface area contributed by atoms with Gasteiger partial charge in [-0.15, -0.1) is 0 Å². The van der Waals surface area contributed by atoms with Gasteiger partial charge >= 0.3 is 11.9 Å². The number of amides is 1. The maximum Gasteiger partial charge on any atom is 0.335 e. The van der Waals surface area contributed by atoms with Crippen molar-refractivity contribution in [1.29, 1.82) is 0 Å². The van der Waals surface area contributed by atoms with E-state index in [-0.39, 0.29) is 16.8 Å². The van der Waals surface area contributed by atoms with E-state index in [1.165, 1.54) is 31.4 Å². The summed E-state index contributed by atoms with van der Waals surface area (Å²) in [7, 11) is 1.51. The van der Waals surface area contributed by atoms with Gasteiger partial charge in [0.05, 0.1) is 18.2 Å². The van der Waals surface area contributed by atoms with Crippen molar-refractivity contribution in [3.63, 3.8) is 0 Å². The molecule has 3 N–H and O–H groups in total. The number of hydrogen-bond donors (Lipinski definition) is 3. The van der Waals surface area contributed by atoms with Crippen LogP contribution in [-0.2, 0) is 4.79 Å². The lowest BCUT2D eigenvalue weighted by molar-refractivity contribution is -0.111. The quantitative estimate of drug-likeness (QED) is 0.617. The van der Waals surface area contributed by atoms with Crippen LogP contribution in [0.2, 0.25) is 0 Å². The number of halogens is 1. The highest BCUT2D eigenvalue weighted by Crippen LogP contribution is 2.24. The third kappa shape index (κ3) is 4.93. The maximum atomic E-state index is 12.1. The predicted molar refractivity (Wildman–Crippen MR) is 98.7 cm³/mol. The van der Waals surface area contributed by atoms with Crippen molar-refractivity contribution in [2.75, 3.05) is 12.4 Å². The molecule has 7 nitrogen and oxygen atoms in total. The lowest BCUT2D eigenvalue weighted by atomic mass is 10.1. The Labute approximate surface area is 157 Å². The van der Waals surface area contributed by atoms with Crippen molar-refractivity contribution in [3.8, 4) is 5.75 Å². The van der Waals surface area contributed by atoms with Crippen molar-refractivity contribution in [1.82, 2.24) is 0 Å². The molecule has 0 saturated carbocycles. The second-order valence-corrected chi connectivity index (χ2v) is 6.03. The number of aromatic carboxylic acids is 2. The number of rotatable bonds is 6. The average molecular weight is 420 g/mol. The molecular formula is C18H14BrNO6. The summed E-state index contributed by atoms with van der Waals surface area (Å²) in [5.74, 6) is -2.57. The van der Waals surface area contributed by atoms with Crippen LogP contribution in [0.4, 0.5) is 5.69 Å². The smallest absolute Gasteiger partial charge is 0.335 e. The van der Waals surface area contributed by atoms with Crippen molar-refractivity contribution in [3.05, 3.63) is 63.6 Å². The first-order valence-corrected chi connectivity index (χ1v) is 8.03. The van der Waals surface area contributed by atoms with E-state index in [0.717, 1.165) is 10.5 Å².